The Bertz CT molecular complexity index is 549. The fraction of sp³-hybridized carbons (Fsp3) is 0.500. The summed E-state index contributed by atoms with van der Waals surface area (Å²) < 4.78 is 0.943. The molecule has 2 rings (SSSR count). The van der Waals surface area contributed by atoms with Crippen LogP contribution < -0.4 is 5.32 Å². The van der Waals surface area contributed by atoms with Crippen molar-refractivity contribution in [2.75, 3.05) is 38.5 Å². The van der Waals surface area contributed by atoms with E-state index in [0.717, 1.165) is 17.6 Å². The lowest BCUT2D eigenvalue weighted by molar-refractivity contribution is -0.147. The van der Waals surface area contributed by atoms with Crippen LogP contribution in [0, 0.1) is 5.41 Å². The molecule has 0 aliphatic carbocycles. The Balaban J connectivity index is 2.03. The van der Waals surface area contributed by atoms with E-state index < -0.39 is 5.41 Å². The summed E-state index contributed by atoms with van der Waals surface area (Å²) in [4.78, 5) is 29.1. The van der Waals surface area contributed by atoms with Crippen LogP contribution in [0.5, 0.6) is 0 Å². The first-order valence-electron chi connectivity index (χ1n) is 7.35. The van der Waals surface area contributed by atoms with E-state index in [4.69, 9.17) is 0 Å². The third-order valence-electron chi connectivity index (χ3n) is 3.99. The third-order valence-corrected chi connectivity index (χ3v) is 4.52. The molecule has 0 atom stereocenters. The molecule has 0 bridgehead atoms. The average molecular weight is 368 g/mol. The number of rotatable bonds is 3. The Hall–Kier alpha value is -1.40. The zero-order chi connectivity index (χ0) is 16.3. The SMILES string of the molecule is CN1CCN(C(=O)C(C)(C)C(=O)Nc2ccc(Br)cc2)CC1. The molecule has 6 heteroatoms. The summed E-state index contributed by atoms with van der Waals surface area (Å²) in [7, 11) is 2.03. The number of carbonyl (C=O) groups excluding carboxylic acids is 2. The van der Waals surface area contributed by atoms with Crippen molar-refractivity contribution in [1.82, 2.24) is 9.80 Å². The number of likely N-dealkylation sites (N-methyl/N-ethyl adjacent to an activating group) is 1. The summed E-state index contributed by atoms with van der Waals surface area (Å²) in [6.07, 6.45) is 0. The topological polar surface area (TPSA) is 52.7 Å². The Morgan fingerprint density at radius 2 is 1.64 bits per heavy atom. The predicted molar refractivity (Wildman–Crippen MR) is 90.6 cm³/mol. The van der Waals surface area contributed by atoms with Gasteiger partial charge >= 0.3 is 0 Å². The van der Waals surface area contributed by atoms with Gasteiger partial charge in [0.05, 0.1) is 0 Å². The summed E-state index contributed by atoms with van der Waals surface area (Å²) in [6, 6.07) is 7.31. The molecule has 1 saturated heterocycles. The lowest BCUT2D eigenvalue weighted by Gasteiger charge is -2.36. The van der Waals surface area contributed by atoms with Crippen LogP contribution in [0.1, 0.15) is 13.8 Å². The minimum atomic E-state index is -1.08. The summed E-state index contributed by atoms with van der Waals surface area (Å²) in [5, 5.41) is 2.82. The first kappa shape index (κ1) is 17.0. The van der Waals surface area contributed by atoms with Crippen molar-refractivity contribution in [2.24, 2.45) is 5.41 Å². The Labute approximate surface area is 139 Å². The van der Waals surface area contributed by atoms with E-state index in [0.29, 0.717) is 18.8 Å². The number of hydrogen-bond donors (Lipinski definition) is 1. The van der Waals surface area contributed by atoms with Gasteiger partial charge in [-0.1, -0.05) is 15.9 Å². The Morgan fingerprint density at radius 1 is 1.09 bits per heavy atom. The quantitative estimate of drug-likeness (QED) is 0.833. The van der Waals surface area contributed by atoms with Crippen LogP contribution in [0.3, 0.4) is 0 Å². The molecule has 1 N–H and O–H groups in total. The highest BCUT2D eigenvalue weighted by Crippen LogP contribution is 2.23. The van der Waals surface area contributed by atoms with Gasteiger partial charge in [-0.3, -0.25) is 9.59 Å². The molecule has 0 saturated carbocycles. The number of benzene rings is 1. The van der Waals surface area contributed by atoms with Gasteiger partial charge in [-0.05, 0) is 45.2 Å². The first-order chi connectivity index (χ1) is 10.3. The van der Waals surface area contributed by atoms with Crippen LogP contribution in [-0.2, 0) is 9.59 Å². The molecule has 1 aliphatic rings. The fourth-order valence-corrected chi connectivity index (χ4v) is 2.59. The number of amides is 2. The number of hydrogen-bond acceptors (Lipinski definition) is 3. The van der Waals surface area contributed by atoms with E-state index in [1.54, 1.807) is 30.9 Å². The molecule has 22 heavy (non-hydrogen) atoms. The van der Waals surface area contributed by atoms with Crippen molar-refractivity contribution < 1.29 is 9.59 Å². The Morgan fingerprint density at radius 3 is 2.18 bits per heavy atom. The van der Waals surface area contributed by atoms with E-state index in [2.05, 4.69) is 26.1 Å². The molecular weight excluding hydrogens is 346 g/mol. The van der Waals surface area contributed by atoms with Crippen molar-refractivity contribution in [2.45, 2.75) is 13.8 Å². The first-order valence-corrected chi connectivity index (χ1v) is 8.15. The van der Waals surface area contributed by atoms with E-state index in [1.165, 1.54) is 0 Å². The average Bonchev–Trinajstić information content (AvgIpc) is 2.49. The fourth-order valence-electron chi connectivity index (χ4n) is 2.32. The van der Waals surface area contributed by atoms with Crippen LogP contribution in [0.25, 0.3) is 0 Å². The molecule has 1 aliphatic heterocycles. The molecule has 0 spiro atoms. The molecule has 2 amide bonds. The molecule has 0 unspecified atom stereocenters. The van der Waals surface area contributed by atoms with E-state index in [1.807, 2.05) is 19.2 Å². The molecule has 5 nitrogen and oxygen atoms in total. The van der Waals surface area contributed by atoms with Gasteiger partial charge in [0.2, 0.25) is 11.8 Å². The van der Waals surface area contributed by atoms with Crippen LogP contribution in [0.15, 0.2) is 28.7 Å². The van der Waals surface area contributed by atoms with Gasteiger partial charge in [0.15, 0.2) is 0 Å². The van der Waals surface area contributed by atoms with Gasteiger partial charge < -0.3 is 15.1 Å². The van der Waals surface area contributed by atoms with Crippen LogP contribution in [0.2, 0.25) is 0 Å². The van der Waals surface area contributed by atoms with Crippen molar-refractivity contribution in [3.8, 4) is 0 Å². The maximum atomic E-state index is 12.7. The molecule has 120 valence electrons. The van der Waals surface area contributed by atoms with E-state index >= 15 is 0 Å². The lowest BCUT2D eigenvalue weighted by Crippen LogP contribution is -2.53. The Kier molecular flexibility index (Phi) is 5.24. The standard InChI is InChI=1S/C16H22BrN3O2/c1-16(2,15(22)20-10-8-19(3)9-11-20)14(21)18-13-6-4-12(17)5-7-13/h4-7H,8-11H2,1-3H3,(H,18,21). The zero-order valence-electron chi connectivity index (χ0n) is 13.2. The van der Waals surface area contributed by atoms with Gasteiger partial charge in [0, 0.05) is 36.3 Å². The molecule has 1 heterocycles. The highest BCUT2D eigenvalue weighted by Gasteiger charge is 2.39. The largest absolute Gasteiger partial charge is 0.339 e. The van der Waals surface area contributed by atoms with Crippen molar-refractivity contribution >= 4 is 33.4 Å². The number of anilines is 1. The summed E-state index contributed by atoms with van der Waals surface area (Å²) in [6.45, 7) is 6.39. The predicted octanol–water partition coefficient (Wildman–Crippen LogP) is 2.19. The lowest BCUT2D eigenvalue weighted by atomic mass is 9.89. The molecule has 1 aromatic rings. The van der Waals surface area contributed by atoms with Crippen molar-refractivity contribution in [3.05, 3.63) is 28.7 Å². The second kappa shape index (κ2) is 6.79. The smallest absolute Gasteiger partial charge is 0.239 e. The molecule has 1 fully saturated rings. The van der Waals surface area contributed by atoms with Gasteiger partial charge in [-0.15, -0.1) is 0 Å². The maximum absolute atomic E-state index is 12.7. The van der Waals surface area contributed by atoms with Crippen LogP contribution >= 0.6 is 15.9 Å². The summed E-state index contributed by atoms with van der Waals surface area (Å²) in [5.74, 6) is -0.394. The van der Waals surface area contributed by atoms with Crippen LogP contribution in [-0.4, -0.2) is 54.8 Å². The normalized spacial score (nSPS) is 16.5. The number of halogens is 1. The van der Waals surface area contributed by atoms with Crippen molar-refractivity contribution in [3.63, 3.8) is 0 Å². The highest BCUT2D eigenvalue weighted by molar-refractivity contribution is 9.10. The number of nitrogens with zero attached hydrogens (tertiary/aromatic N) is 2. The van der Waals surface area contributed by atoms with E-state index in [-0.39, 0.29) is 11.8 Å². The van der Waals surface area contributed by atoms with Gasteiger partial charge in [-0.25, -0.2) is 0 Å². The van der Waals surface area contributed by atoms with Crippen molar-refractivity contribution in [1.29, 1.82) is 0 Å². The van der Waals surface area contributed by atoms with Gasteiger partial charge in [0.25, 0.3) is 0 Å². The maximum Gasteiger partial charge on any atom is 0.239 e. The minimum Gasteiger partial charge on any atom is -0.339 e. The summed E-state index contributed by atoms with van der Waals surface area (Å²) >= 11 is 3.35. The second-order valence-corrected chi connectivity index (χ2v) is 7.10. The molecule has 0 radical (unpaired) electrons. The monoisotopic (exact) mass is 367 g/mol. The van der Waals surface area contributed by atoms with Gasteiger partial charge in [0.1, 0.15) is 5.41 Å². The molecule has 1 aromatic carbocycles. The second-order valence-electron chi connectivity index (χ2n) is 6.18. The number of carbonyl (C=O) groups is 2. The highest BCUT2D eigenvalue weighted by atomic mass is 79.9. The minimum absolute atomic E-state index is 0.116. The number of nitrogens with one attached hydrogen (secondary N) is 1. The van der Waals surface area contributed by atoms with Crippen LogP contribution in [0.4, 0.5) is 5.69 Å². The molecule has 0 aromatic heterocycles. The third kappa shape index (κ3) is 3.87. The van der Waals surface area contributed by atoms with Gasteiger partial charge in [-0.2, -0.15) is 0 Å². The van der Waals surface area contributed by atoms with E-state index in [9.17, 15) is 9.59 Å². The number of piperazine rings is 1. The zero-order valence-corrected chi connectivity index (χ0v) is 14.8. The molecular formula is C16H22BrN3O2. The summed E-state index contributed by atoms with van der Waals surface area (Å²) in [5.41, 5.74) is -0.393.